The molecule has 1 fully saturated rings. The summed E-state index contributed by atoms with van der Waals surface area (Å²) in [4.78, 5) is 11.0. The third-order valence-corrected chi connectivity index (χ3v) is 4.25. The van der Waals surface area contributed by atoms with Crippen LogP contribution >= 0.6 is 15.9 Å². The van der Waals surface area contributed by atoms with E-state index >= 15 is 0 Å². The predicted octanol–water partition coefficient (Wildman–Crippen LogP) is 2.57. The molecule has 2 rings (SSSR count). The SMILES string of the molecule is CNc1ncc(Br)c(NCCN(C)C2CCCC2)n1. The fourth-order valence-corrected chi connectivity index (χ4v) is 2.82. The molecule has 0 spiro atoms. The summed E-state index contributed by atoms with van der Waals surface area (Å²) >= 11 is 3.46. The summed E-state index contributed by atoms with van der Waals surface area (Å²) in [7, 11) is 4.03. The highest BCUT2D eigenvalue weighted by Crippen LogP contribution is 2.22. The fraction of sp³-hybridized carbons (Fsp3) is 0.692. The fourth-order valence-electron chi connectivity index (χ4n) is 2.49. The second-order valence-electron chi connectivity index (χ2n) is 4.99. The van der Waals surface area contributed by atoms with Gasteiger partial charge >= 0.3 is 0 Å². The van der Waals surface area contributed by atoms with Crippen LogP contribution in [0.1, 0.15) is 25.7 Å². The first-order chi connectivity index (χ1) is 9.20. The van der Waals surface area contributed by atoms with Crippen LogP contribution in [0.2, 0.25) is 0 Å². The van der Waals surface area contributed by atoms with E-state index in [0.29, 0.717) is 5.95 Å². The minimum absolute atomic E-state index is 0.634. The zero-order valence-electron chi connectivity index (χ0n) is 11.6. The molecule has 1 aliphatic rings. The molecule has 0 radical (unpaired) electrons. The molecule has 1 aromatic rings. The Morgan fingerprint density at radius 1 is 1.42 bits per heavy atom. The van der Waals surface area contributed by atoms with Crippen molar-refractivity contribution in [2.75, 3.05) is 37.8 Å². The van der Waals surface area contributed by atoms with Gasteiger partial charge in [0.25, 0.3) is 0 Å². The third kappa shape index (κ3) is 4.04. The molecule has 1 aromatic heterocycles. The molecule has 19 heavy (non-hydrogen) atoms. The number of hydrogen-bond donors (Lipinski definition) is 2. The molecular weight excluding hydrogens is 306 g/mol. The average Bonchev–Trinajstić information content (AvgIpc) is 2.95. The lowest BCUT2D eigenvalue weighted by Gasteiger charge is -2.24. The Labute approximate surface area is 123 Å². The number of nitrogens with zero attached hydrogens (tertiary/aromatic N) is 3. The normalized spacial score (nSPS) is 16.0. The Bertz CT molecular complexity index is 406. The number of aromatic nitrogens is 2. The van der Waals surface area contributed by atoms with E-state index < -0.39 is 0 Å². The Kier molecular flexibility index (Phi) is 5.39. The van der Waals surface area contributed by atoms with Gasteiger partial charge < -0.3 is 15.5 Å². The monoisotopic (exact) mass is 327 g/mol. The molecule has 1 heterocycles. The molecule has 6 heteroatoms. The summed E-state index contributed by atoms with van der Waals surface area (Å²) in [6, 6.07) is 0.767. The van der Waals surface area contributed by atoms with Crippen LogP contribution in [0.25, 0.3) is 0 Å². The zero-order chi connectivity index (χ0) is 13.7. The molecule has 0 saturated heterocycles. The van der Waals surface area contributed by atoms with Crippen molar-refractivity contribution in [3.05, 3.63) is 10.7 Å². The van der Waals surface area contributed by atoms with Gasteiger partial charge in [0.1, 0.15) is 5.82 Å². The first-order valence-electron chi connectivity index (χ1n) is 6.85. The van der Waals surface area contributed by atoms with E-state index in [-0.39, 0.29) is 0 Å². The minimum atomic E-state index is 0.634. The van der Waals surface area contributed by atoms with Gasteiger partial charge in [0.05, 0.1) is 4.47 Å². The van der Waals surface area contributed by atoms with Gasteiger partial charge in [-0.15, -0.1) is 0 Å². The van der Waals surface area contributed by atoms with Crippen molar-refractivity contribution in [2.24, 2.45) is 0 Å². The number of hydrogen-bond acceptors (Lipinski definition) is 5. The van der Waals surface area contributed by atoms with Crippen molar-refractivity contribution < 1.29 is 0 Å². The third-order valence-electron chi connectivity index (χ3n) is 3.67. The van der Waals surface area contributed by atoms with Gasteiger partial charge in [0.15, 0.2) is 0 Å². The van der Waals surface area contributed by atoms with Crippen molar-refractivity contribution in [2.45, 2.75) is 31.7 Å². The molecule has 0 unspecified atom stereocenters. The summed E-state index contributed by atoms with van der Waals surface area (Å²) in [5.74, 6) is 1.48. The highest BCUT2D eigenvalue weighted by molar-refractivity contribution is 9.10. The molecule has 5 nitrogen and oxygen atoms in total. The second kappa shape index (κ2) is 7.05. The van der Waals surface area contributed by atoms with Crippen molar-refractivity contribution >= 4 is 27.7 Å². The zero-order valence-corrected chi connectivity index (χ0v) is 13.2. The first-order valence-corrected chi connectivity index (χ1v) is 7.64. The lowest BCUT2D eigenvalue weighted by molar-refractivity contribution is 0.254. The van der Waals surface area contributed by atoms with Gasteiger partial charge in [-0.3, -0.25) is 0 Å². The van der Waals surface area contributed by atoms with Crippen LogP contribution in [-0.2, 0) is 0 Å². The van der Waals surface area contributed by atoms with E-state index in [1.165, 1.54) is 25.7 Å². The average molecular weight is 328 g/mol. The van der Waals surface area contributed by atoms with Gasteiger partial charge in [-0.1, -0.05) is 12.8 Å². The number of nitrogens with one attached hydrogen (secondary N) is 2. The molecular formula is C13H22BrN5. The molecule has 0 atom stereocenters. The van der Waals surface area contributed by atoms with E-state index in [0.717, 1.165) is 29.4 Å². The van der Waals surface area contributed by atoms with Gasteiger partial charge in [-0.2, -0.15) is 4.98 Å². The predicted molar refractivity (Wildman–Crippen MR) is 82.7 cm³/mol. The van der Waals surface area contributed by atoms with Crippen LogP contribution < -0.4 is 10.6 Å². The molecule has 0 aliphatic heterocycles. The van der Waals surface area contributed by atoms with Crippen LogP contribution in [0.4, 0.5) is 11.8 Å². The highest BCUT2D eigenvalue weighted by atomic mass is 79.9. The van der Waals surface area contributed by atoms with Crippen molar-refractivity contribution in [3.63, 3.8) is 0 Å². The highest BCUT2D eigenvalue weighted by Gasteiger charge is 2.18. The van der Waals surface area contributed by atoms with Gasteiger partial charge in [-0.25, -0.2) is 4.98 Å². The number of halogens is 1. The minimum Gasteiger partial charge on any atom is -0.368 e. The summed E-state index contributed by atoms with van der Waals surface area (Å²) in [5, 5.41) is 6.31. The van der Waals surface area contributed by atoms with E-state index in [1.807, 2.05) is 7.05 Å². The lowest BCUT2D eigenvalue weighted by Crippen LogP contribution is -2.33. The standard InChI is InChI=1S/C13H22BrN5/c1-15-13-17-9-11(14)12(18-13)16-7-8-19(2)10-5-3-4-6-10/h9-10H,3-8H2,1-2H3,(H2,15,16,17,18). The Morgan fingerprint density at radius 2 is 2.16 bits per heavy atom. The summed E-state index contributed by atoms with van der Waals surface area (Å²) in [6.45, 7) is 1.93. The van der Waals surface area contributed by atoms with Crippen LogP contribution in [0.15, 0.2) is 10.7 Å². The van der Waals surface area contributed by atoms with E-state index in [1.54, 1.807) is 6.20 Å². The lowest BCUT2D eigenvalue weighted by atomic mass is 10.2. The number of anilines is 2. The number of likely N-dealkylation sites (N-methyl/N-ethyl adjacent to an activating group) is 1. The van der Waals surface area contributed by atoms with E-state index in [9.17, 15) is 0 Å². The first kappa shape index (κ1) is 14.5. The van der Waals surface area contributed by atoms with Gasteiger partial charge in [0, 0.05) is 32.4 Å². The molecule has 106 valence electrons. The summed E-state index contributed by atoms with van der Waals surface area (Å²) < 4.78 is 0.898. The van der Waals surface area contributed by atoms with E-state index in [4.69, 9.17) is 0 Å². The molecule has 2 N–H and O–H groups in total. The molecule has 0 bridgehead atoms. The largest absolute Gasteiger partial charge is 0.368 e. The van der Waals surface area contributed by atoms with Crippen LogP contribution in [-0.4, -0.2) is 48.1 Å². The van der Waals surface area contributed by atoms with Crippen molar-refractivity contribution in [1.82, 2.24) is 14.9 Å². The quantitative estimate of drug-likeness (QED) is 0.841. The van der Waals surface area contributed by atoms with Crippen LogP contribution in [0, 0.1) is 0 Å². The smallest absolute Gasteiger partial charge is 0.224 e. The second-order valence-corrected chi connectivity index (χ2v) is 5.84. The molecule has 1 saturated carbocycles. The van der Waals surface area contributed by atoms with Crippen LogP contribution in [0.3, 0.4) is 0 Å². The number of rotatable bonds is 6. The molecule has 0 aromatic carbocycles. The topological polar surface area (TPSA) is 53.1 Å². The Balaban J connectivity index is 1.81. The van der Waals surface area contributed by atoms with E-state index in [2.05, 4.69) is 48.5 Å². The maximum atomic E-state index is 4.39. The van der Waals surface area contributed by atoms with Crippen LogP contribution in [0.5, 0.6) is 0 Å². The maximum Gasteiger partial charge on any atom is 0.224 e. The summed E-state index contributed by atoms with van der Waals surface area (Å²) in [5.41, 5.74) is 0. The Hall–Kier alpha value is -0.880. The van der Waals surface area contributed by atoms with Gasteiger partial charge in [0.2, 0.25) is 5.95 Å². The summed E-state index contributed by atoms with van der Waals surface area (Å²) in [6.07, 6.45) is 7.22. The molecule has 1 aliphatic carbocycles. The van der Waals surface area contributed by atoms with Crippen molar-refractivity contribution in [1.29, 1.82) is 0 Å². The van der Waals surface area contributed by atoms with Gasteiger partial charge in [-0.05, 0) is 35.8 Å². The molecule has 0 amide bonds. The maximum absolute atomic E-state index is 4.39. The van der Waals surface area contributed by atoms with Crippen molar-refractivity contribution in [3.8, 4) is 0 Å². The Morgan fingerprint density at radius 3 is 2.84 bits per heavy atom.